The number of hydrogen-bond acceptors (Lipinski definition) is 4. The summed E-state index contributed by atoms with van der Waals surface area (Å²) >= 11 is 1.36. The molecule has 0 fully saturated rings. The summed E-state index contributed by atoms with van der Waals surface area (Å²) in [7, 11) is 0. The predicted molar refractivity (Wildman–Crippen MR) is 101 cm³/mol. The van der Waals surface area contributed by atoms with Gasteiger partial charge in [0.05, 0.1) is 5.69 Å². The molecule has 0 saturated carbocycles. The lowest BCUT2D eigenvalue weighted by Crippen LogP contribution is -2.23. The smallest absolute Gasteiger partial charge is 0.257 e. The molecule has 0 bridgehead atoms. The van der Waals surface area contributed by atoms with Gasteiger partial charge in [-0.3, -0.25) is 19.8 Å². The molecule has 2 amide bonds. The van der Waals surface area contributed by atoms with Crippen molar-refractivity contribution >= 4 is 39.7 Å². The molecule has 1 N–H and O–H groups in total. The van der Waals surface area contributed by atoms with Gasteiger partial charge in [-0.1, -0.05) is 18.2 Å². The number of hydrogen-bond donors (Lipinski definition) is 1. The first kappa shape index (κ1) is 16.9. The fourth-order valence-corrected chi connectivity index (χ4v) is 3.05. The number of carbonyl (C=O) groups is 2. The molecule has 0 unspecified atom stereocenters. The van der Waals surface area contributed by atoms with Crippen molar-refractivity contribution in [3.63, 3.8) is 0 Å². The standard InChI is InChI=1S/C19H17N3O2S/c1-13-5-3-4-6-17(13)22(14(2)23)16-9-7-15(8-10-16)18(24)21-19-20-11-12-25-19/h3-12H,1-2H3,(H,20,21,24). The SMILES string of the molecule is CC(=O)N(c1ccc(C(=O)Nc2nccs2)cc1)c1ccccc1C. The molecule has 126 valence electrons. The minimum atomic E-state index is -0.230. The average Bonchev–Trinajstić information content (AvgIpc) is 3.10. The van der Waals surface area contributed by atoms with Crippen molar-refractivity contribution in [3.05, 3.63) is 71.2 Å². The summed E-state index contributed by atoms with van der Waals surface area (Å²) in [4.78, 5) is 30.1. The summed E-state index contributed by atoms with van der Waals surface area (Å²) < 4.78 is 0. The highest BCUT2D eigenvalue weighted by molar-refractivity contribution is 7.13. The van der Waals surface area contributed by atoms with Crippen LogP contribution in [0.25, 0.3) is 0 Å². The average molecular weight is 351 g/mol. The number of benzene rings is 2. The maximum atomic E-state index is 12.2. The van der Waals surface area contributed by atoms with Crippen molar-refractivity contribution in [1.82, 2.24) is 4.98 Å². The van der Waals surface area contributed by atoms with E-state index in [0.717, 1.165) is 11.3 Å². The van der Waals surface area contributed by atoms with Gasteiger partial charge in [-0.2, -0.15) is 0 Å². The van der Waals surface area contributed by atoms with Crippen molar-refractivity contribution < 1.29 is 9.59 Å². The molecule has 6 heteroatoms. The number of anilines is 3. The summed E-state index contributed by atoms with van der Waals surface area (Å²) in [5.74, 6) is -0.318. The van der Waals surface area contributed by atoms with E-state index < -0.39 is 0 Å². The third kappa shape index (κ3) is 3.75. The number of amides is 2. The topological polar surface area (TPSA) is 62.3 Å². The van der Waals surface area contributed by atoms with Gasteiger partial charge in [-0.05, 0) is 42.8 Å². The normalized spacial score (nSPS) is 10.3. The van der Waals surface area contributed by atoms with Gasteiger partial charge in [0.2, 0.25) is 5.91 Å². The van der Waals surface area contributed by atoms with Crippen LogP contribution < -0.4 is 10.2 Å². The van der Waals surface area contributed by atoms with Gasteiger partial charge in [0.15, 0.2) is 5.13 Å². The number of aromatic nitrogens is 1. The molecule has 0 aliphatic carbocycles. The van der Waals surface area contributed by atoms with Gasteiger partial charge >= 0.3 is 0 Å². The van der Waals surface area contributed by atoms with E-state index in [-0.39, 0.29) is 11.8 Å². The minimum absolute atomic E-state index is 0.0886. The second kappa shape index (κ2) is 7.27. The summed E-state index contributed by atoms with van der Waals surface area (Å²) in [5.41, 5.74) is 3.05. The monoisotopic (exact) mass is 351 g/mol. The third-order valence-corrected chi connectivity index (χ3v) is 4.40. The fraction of sp³-hybridized carbons (Fsp3) is 0.105. The van der Waals surface area contributed by atoms with Gasteiger partial charge in [0.25, 0.3) is 5.91 Å². The van der Waals surface area contributed by atoms with Crippen molar-refractivity contribution in [1.29, 1.82) is 0 Å². The summed E-state index contributed by atoms with van der Waals surface area (Å²) in [6.45, 7) is 3.48. The molecule has 0 spiro atoms. The fourth-order valence-electron chi connectivity index (χ4n) is 2.52. The lowest BCUT2D eigenvalue weighted by Gasteiger charge is -2.23. The molecule has 3 aromatic rings. The van der Waals surface area contributed by atoms with E-state index in [1.165, 1.54) is 18.3 Å². The maximum absolute atomic E-state index is 12.2. The predicted octanol–water partition coefficient (Wildman–Crippen LogP) is 4.39. The summed E-state index contributed by atoms with van der Waals surface area (Å²) in [6, 6.07) is 14.6. The number of nitrogens with zero attached hydrogens (tertiary/aromatic N) is 2. The van der Waals surface area contributed by atoms with Crippen LogP contribution in [0, 0.1) is 6.92 Å². The Kier molecular flexibility index (Phi) is 4.90. The molecule has 0 aliphatic heterocycles. The highest BCUT2D eigenvalue weighted by Gasteiger charge is 2.16. The van der Waals surface area contributed by atoms with Crippen molar-refractivity contribution in [2.45, 2.75) is 13.8 Å². The van der Waals surface area contributed by atoms with Gasteiger partial charge in [-0.25, -0.2) is 4.98 Å². The number of thiazole rings is 1. The van der Waals surface area contributed by atoms with E-state index >= 15 is 0 Å². The van der Waals surface area contributed by atoms with Crippen LogP contribution in [0.3, 0.4) is 0 Å². The number of carbonyl (C=O) groups excluding carboxylic acids is 2. The van der Waals surface area contributed by atoms with Gasteiger partial charge in [-0.15, -0.1) is 11.3 Å². The highest BCUT2D eigenvalue weighted by atomic mass is 32.1. The van der Waals surface area contributed by atoms with Crippen molar-refractivity contribution in [3.8, 4) is 0 Å². The Bertz CT molecular complexity index is 889. The van der Waals surface area contributed by atoms with Crippen LogP contribution in [0.2, 0.25) is 0 Å². The Morgan fingerprint density at radius 2 is 1.80 bits per heavy atom. The lowest BCUT2D eigenvalue weighted by atomic mass is 10.1. The molecule has 1 heterocycles. The van der Waals surface area contributed by atoms with E-state index in [1.54, 1.807) is 40.7 Å². The van der Waals surface area contributed by atoms with Gasteiger partial charge in [0, 0.05) is 29.8 Å². The summed E-state index contributed by atoms with van der Waals surface area (Å²) in [6.07, 6.45) is 1.64. The molecule has 0 radical (unpaired) electrons. The van der Waals surface area contributed by atoms with Gasteiger partial charge < -0.3 is 0 Å². The van der Waals surface area contributed by atoms with Crippen LogP contribution in [0.4, 0.5) is 16.5 Å². The number of para-hydroxylation sites is 1. The Morgan fingerprint density at radius 1 is 1.08 bits per heavy atom. The van der Waals surface area contributed by atoms with E-state index in [0.29, 0.717) is 16.4 Å². The minimum Gasteiger partial charge on any atom is -0.298 e. The zero-order chi connectivity index (χ0) is 17.8. The second-order valence-electron chi connectivity index (χ2n) is 5.48. The maximum Gasteiger partial charge on any atom is 0.257 e. The molecule has 0 aliphatic rings. The Morgan fingerprint density at radius 3 is 2.40 bits per heavy atom. The number of aryl methyl sites for hydroxylation is 1. The first-order chi connectivity index (χ1) is 12.1. The zero-order valence-electron chi connectivity index (χ0n) is 13.9. The highest BCUT2D eigenvalue weighted by Crippen LogP contribution is 2.28. The zero-order valence-corrected chi connectivity index (χ0v) is 14.7. The Labute approximate surface area is 149 Å². The first-order valence-electron chi connectivity index (χ1n) is 7.73. The molecule has 0 saturated heterocycles. The molecule has 0 atom stereocenters. The molecular formula is C19H17N3O2S. The molecule has 3 rings (SSSR count). The van der Waals surface area contributed by atoms with E-state index in [9.17, 15) is 9.59 Å². The molecule has 5 nitrogen and oxygen atoms in total. The van der Waals surface area contributed by atoms with Crippen LogP contribution in [0.1, 0.15) is 22.8 Å². The van der Waals surface area contributed by atoms with E-state index in [2.05, 4.69) is 10.3 Å². The molecule has 1 aromatic heterocycles. The summed E-state index contributed by atoms with van der Waals surface area (Å²) in [5, 5.41) is 5.09. The van der Waals surface area contributed by atoms with Crippen LogP contribution >= 0.6 is 11.3 Å². The first-order valence-corrected chi connectivity index (χ1v) is 8.61. The number of rotatable bonds is 4. The molecular weight excluding hydrogens is 334 g/mol. The largest absolute Gasteiger partial charge is 0.298 e. The van der Waals surface area contributed by atoms with Crippen LogP contribution in [0.15, 0.2) is 60.1 Å². The lowest BCUT2D eigenvalue weighted by molar-refractivity contribution is -0.115. The van der Waals surface area contributed by atoms with Gasteiger partial charge in [0.1, 0.15) is 0 Å². The van der Waals surface area contributed by atoms with Crippen molar-refractivity contribution in [2.75, 3.05) is 10.2 Å². The Balaban J connectivity index is 1.86. The van der Waals surface area contributed by atoms with Crippen LogP contribution in [0.5, 0.6) is 0 Å². The molecule has 2 aromatic carbocycles. The van der Waals surface area contributed by atoms with Crippen LogP contribution in [-0.4, -0.2) is 16.8 Å². The van der Waals surface area contributed by atoms with Crippen molar-refractivity contribution in [2.24, 2.45) is 0 Å². The third-order valence-electron chi connectivity index (χ3n) is 3.71. The molecule has 25 heavy (non-hydrogen) atoms. The second-order valence-corrected chi connectivity index (χ2v) is 6.37. The van der Waals surface area contributed by atoms with E-state index in [4.69, 9.17) is 0 Å². The number of nitrogens with one attached hydrogen (secondary N) is 1. The quantitative estimate of drug-likeness (QED) is 0.758. The Hall–Kier alpha value is -2.99. The van der Waals surface area contributed by atoms with E-state index in [1.807, 2.05) is 31.2 Å². The van der Waals surface area contributed by atoms with Crippen LogP contribution in [-0.2, 0) is 4.79 Å².